The Labute approximate surface area is 166 Å². The van der Waals surface area contributed by atoms with Crippen molar-refractivity contribution in [2.75, 3.05) is 7.11 Å². The van der Waals surface area contributed by atoms with Gasteiger partial charge in [0.25, 0.3) is 0 Å². The molecule has 0 amide bonds. The molecule has 0 saturated heterocycles. The summed E-state index contributed by atoms with van der Waals surface area (Å²) in [5.41, 5.74) is 1.91. The van der Waals surface area contributed by atoms with Crippen LogP contribution in [0.4, 0.5) is 0 Å². The predicted octanol–water partition coefficient (Wildman–Crippen LogP) is 5.53. The lowest BCUT2D eigenvalue weighted by Gasteiger charge is -2.11. The maximum Gasteiger partial charge on any atom is 0.337 e. The molecule has 0 aliphatic carbocycles. The number of halogens is 1. The first kappa shape index (κ1) is 17.9. The fourth-order valence-corrected chi connectivity index (χ4v) is 3.00. The van der Waals surface area contributed by atoms with Crippen LogP contribution in [0.1, 0.15) is 10.4 Å². The van der Waals surface area contributed by atoms with E-state index in [1.807, 2.05) is 42.5 Å². The van der Waals surface area contributed by atoms with Gasteiger partial charge in [0.15, 0.2) is 5.82 Å². The fourth-order valence-electron chi connectivity index (χ4n) is 2.78. The highest BCUT2D eigenvalue weighted by atomic mass is 35.5. The molecule has 6 heteroatoms. The first-order chi connectivity index (χ1) is 13.7. The van der Waals surface area contributed by atoms with Crippen molar-refractivity contribution in [3.8, 4) is 23.0 Å². The molecule has 4 aromatic rings. The molecule has 0 radical (unpaired) electrons. The predicted molar refractivity (Wildman–Crippen MR) is 108 cm³/mol. The number of ether oxygens (including phenoxy) is 2. The molecule has 0 N–H and O–H groups in total. The molecule has 0 aliphatic rings. The van der Waals surface area contributed by atoms with Gasteiger partial charge in [-0.1, -0.05) is 35.9 Å². The molecule has 0 bridgehead atoms. The Bertz CT molecular complexity index is 1160. The number of hydrogen-bond donors (Lipinski definition) is 0. The number of carbonyl (C=O) groups is 1. The van der Waals surface area contributed by atoms with Crippen LogP contribution in [0, 0.1) is 0 Å². The minimum absolute atomic E-state index is 0.403. The van der Waals surface area contributed by atoms with Crippen molar-refractivity contribution in [2.45, 2.75) is 0 Å². The minimum atomic E-state index is -0.403. The lowest BCUT2D eigenvalue weighted by Crippen LogP contribution is -2.00. The van der Waals surface area contributed by atoms with Gasteiger partial charge in [-0.2, -0.15) is 4.98 Å². The molecule has 138 valence electrons. The van der Waals surface area contributed by atoms with Gasteiger partial charge >= 0.3 is 5.97 Å². The summed E-state index contributed by atoms with van der Waals surface area (Å²) in [5, 5.41) is 1.33. The maximum absolute atomic E-state index is 11.6. The molecule has 3 aromatic carbocycles. The van der Waals surface area contributed by atoms with Gasteiger partial charge < -0.3 is 9.47 Å². The Hall–Kier alpha value is -3.44. The van der Waals surface area contributed by atoms with E-state index in [4.69, 9.17) is 21.1 Å². The third-order valence-electron chi connectivity index (χ3n) is 4.17. The number of esters is 1. The highest BCUT2D eigenvalue weighted by Crippen LogP contribution is 2.32. The molecule has 4 rings (SSSR count). The molecule has 0 saturated carbocycles. The fraction of sp³-hybridized carbons (Fsp3) is 0.0455. The third kappa shape index (κ3) is 3.52. The van der Waals surface area contributed by atoms with Gasteiger partial charge in [-0.05, 0) is 48.5 Å². The molecule has 0 fully saturated rings. The zero-order valence-electron chi connectivity index (χ0n) is 14.9. The summed E-state index contributed by atoms with van der Waals surface area (Å²) in [5.74, 6) is 1.03. The second-order valence-electron chi connectivity index (χ2n) is 5.97. The largest absolute Gasteiger partial charge is 0.465 e. The lowest BCUT2D eigenvalue weighted by molar-refractivity contribution is 0.0600. The molecule has 5 nitrogen and oxygen atoms in total. The highest BCUT2D eigenvalue weighted by molar-refractivity contribution is 6.33. The van der Waals surface area contributed by atoms with Crippen LogP contribution in [0.3, 0.4) is 0 Å². The van der Waals surface area contributed by atoms with Gasteiger partial charge in [0.2, 0.25) is 5.88 Å². The number of benzene rings is 3. The van der Waals surface area contributed by atoms with E-state index in [0.717, 1.165) is 16.5 Å². The van der Waals surface area contributed by atoms with E-state index in [-0.39, 0.29) is 0 Å². The maximum atomic E-state index is 11.6. The van der Waals surface area contributed by atoms with Crippen LogP contribution in [0.5, 0.6) is 11.6 Å². The van der Waals surface area contributed by atoms with Crippen LogP contribution in [-0.2, 0) is 4.74 Å². The number of para-hydroxylation sites is 1. The smallest absolute Gasteiger partial charge is 0.337 e. The van der Waals surface area contributed by atoms with Crippen LogP contribution < -0.4 is 4.74 Å². The van der Waals surface area contributed by atoms with E-state index in [2.05, 4.69) is 9.97 Å². The molecular weight excluding hydrogens is 376 g/mol. The molecular formula is C22H15ClN2O3. The molecule has 0 spiro atoms. The van der Waals surface area contributed by atoms with E-state index in [9.17, 15) is 4.79 Å². The van der Waals surface area contributed by atoms with Crippen molar-refractivity contribution in [1.29, 1.82) is 0 Å². The van der Waals surface area contributed by atoms with E-state index in [0.29, 0.717) is 28.0 Å². The molecule has 0 unspecified atom stereocenters. The summed E-state index contributed by atoms with van der Waals surface area (Å²) in [6.45, 7) is 0. The normalized spacial score (nSPS) is 10.6. The average Bonchev–Trinajstić information content (AvgIpc) is 2.74. The topological polar surface area (TPSA) is 61.3 Å². The first-order valence-corrected chi connectivity index (χ1v) is 8.91. The number of nitrogens with zero attached hydrogens (tertiary/aromatic N) is 2. The Morgan fingerprint density at radius 1 is 0.893 bits per heavy atom. The highest BCUT2D eigenvalue weighted by Gasteiger charge is 2.13. The zero-order chi connectivity index (χ0) is 19.5. The summed E-state index contributed by atoms with van der Waals surface area (Å²) < 4.78 is 10.7. The molecule has 1 heterocycles. The number of aromatic nitrogens is 2. The summed E-state index contributed by atoms with van der Waals surface area (Å²) in [6, 6.07) is 21.6. The SMILES string of the molecule is COC(=O)c1ccc(Oc2nc(-c3ccccc3Cl)nc3ccccc23)cc1. The quantitative estimate of drug-likeness (QED) is 0.429. The second-order valence-corrected chi connectivity index (χ2v) is 6.37. The van der Waals surface area contributed by atoms with Crippen molar-refractivity contribution in [3.05, 3.63) is 83.4 Å². The number of carbonyl (C=O) groups excluding carboxylic acids is 1. The van der Waals surface area contributed by atoms with Crippen LogP contribution >= 0.6 is 11.6 Å². The first-order valence-electron chi connectivity index (χ1n) is 8.53. The Balaban J connectivity index is 1.77. The van der Waals surface area contributed by atoms with Crippen molar-refractivity contribution < 1.29 is 14.3 Å². The van der Waals surface area contributed by atoms with E-state index in [1.54, 1.807) is 30.3 Å². The molecule has 28 heavy (non-hydrogen) atoms. The molecule has 1 aromatic heterocycles. The lowest BCUT2D eigenvalue weighted by atomic mass is 10.2. The van der Waals surface area contributed by atoms with Gasteiger partial charge in [-0.25, -0.2) is 9.78 Å². The Morgan fingerprint density at radius 3 is 2.36 bits per heavy atom. The molecule has 0 atom stereocenters. The number of fused-ring (bicyclic) bond motifs is 1. The van der Waals surface area contributed by atoms with Crippen molar-refractivity contribution in [1.82, 2.24) is 9.97 Å². The van der Waals surface area contributed by atoms with Crippen molar-refractivity contribution in [2.24, 2.45) is 0 Å². The Kier molecular flexibility index (Phi) is 4.91. The van der Waals surface area contributed by atoms with Gasteiger partial charge in [-0.15, -0.1) is 0 Å². The summed E-state index contributed by atoms with van der Waals surface area (Å²) in [7, 11) is 1.34. The van der Waals surface area contributed by atoms with Crippen LogP contribution in [0.2, 0.25) is 5.02 Å². The Morgan fingerprint density at radius 2 is 1.61 bits per heavy atom. The van der Waals surface area contributed by atoms with Crippen LogP contribution in [-0.4, -0.2) is 23.0 Å². The van der Waals surface area contributed by atoms with Gasteiger partial charge in [-0.3, -0.25) is 0 Å². The number of hydrogen-bond acceptors (Lipinski definition) is 5. The van der Waals surface area contributed by atoms with Crippen molar-refractivity contribution in [3.63, 3.8) is 0 Å². The van der Waals surface area contributed by atoms with Crippen LogP contribution in [0.15, 0.2) is 72.8 Å². The number of methoxy groups -OCH3 is 1. The summed E-state index contributed by atoms with van der Waals surface area (Å²) >= 11 is 6.32. The van der Waals surface area contributed by atoms with Crippen LogP contribution in [0.25, 0.3) is 22.3 Å². The summed E-state index contributed by atoms with van der Waals surface area (Å²) in [6.07, 6.45) is 0. The van der Waals surface area contributed by atoms with E-state index in [1.165, 1.54) is 7.11 Å². The number of rotatable bonds is 4. The van der Waals surface area contributed by atoms with Gasteiger partial charge in [0.05, 0.1) is 28.6 Å². The van der Waals surface area contributed by atoms with Gasteiger partial charge in [0.1, 0.15) is 5.75 Å². The second kappa shape index (κ2) is 7.66. The third-order valence-corrected chi connectivity index (χ3v) is 4.50. The summed E-state index contributed by atoms with van der Waals surface area (Å²) in [4.78, 5) is 20.8. The zero-order valence-corrected chi connectivity index (χ0v) is 15.7. The standard InChI is InChI=1S/C22H15ClN2O3/c1-27-22(26)14-10-12-15(13-11-14)28-21-17-7-3-5-9-19(17)24-20(25-21)16-6-2-4-8-18(16)23/h2-13H,1H3. The molecule has 0 aliphatic heterocycles. The van der Waals surface area contributed by atoms with E-state index >= 15 is 0 Å². The average molecular weight is 391 g/mol. The van der Waals surface area contributed by atoms with Crippen molar-refractivity contribution >= 4 is 28.5 Å². The van der Waals surface area contributed by atoms with Gasteiger partial charge in [0, 0.05) is 5.56 Å². The van der Waals surface area contributed by atoms with E-state index < -0.39 is 5.97 Å². The minimum Gasteiger partial charge on any atom is -0.465 e. The monoisotopic (exact) mass is 390 g/mol.